The number of carbonyl (C=O) groups is 1. The number of benzene rings is 2. The summed E-state index contributed by atoms with van der Waals surface area (Å²) in [6.45, 7) is 0.686. The summed E-state index contributed by atoms with van der Waals surface area (Å²) in [6.07, 6.45) is 3.21. The minimum absolute atomic E-state index is 0.264. The van der Waals surface area contributed by atoms with Crippen molar-refractivity contribution < 1.29 is 13.2 Å². The lowest BCUT2D eigenvalue weighted by molar-refractivity contribution is 0.0998. The average molecular weight is 450 g/mol. The Kier molecular flexibility index (Phi) is 6.50. The van der Waals surface area contributed by atoms with Gasteiger partial charge in [-0.15, -0.1) is 0 Å². The maximum absolute atomic E-state index is 12.7. The molecule has 6 nitrogen and oxygen atoms in total. The van der Waals surface area contributed by atoms with Crippen molar-refractivity contribution in [3.05, 3.63) is 52.8 Å². The molecule has 0 radical (unpaired) electrons. The molecule has 2 aromatic carbocycles. The van der Waals surface area contributed by atoms with Crippen LogP contribution in [0, 0.1) is 0 Å². The zero-order chi connectivity index (χ0) is 21.2. The second-order valence-corrected chi connectivity index (χ2v) is 10.8. The first-order chi connectivity index (χ1) is 13.7. The van der Waals surface area contributed by atoms with Crippen molar-refractivity contribution in [2.24, 2.45) is 4.99 Å². The van der Waals surface area contributed by atoms with Crippen LogP contribution in [0.1, 0.15) is 10.4 Å². The zero-order valence-corrected chi connectivity index (χ0v) is 19.2. The molecule has 0 aliphatic rings. The Morgan fingerprint density at radius 3 is 2.45 bits per heavy atom. The highest BCUT2D eigenvalue weighted by Gasteiger charge is 2.13. The van der Waals surface area contributed by atoms with Crippen LogP contribution >= 0.6 is 23.1 Å². The van der Waals surface area contributed by atoms with Crippen LogP contribution in [0.3, 0.4) is 0 Å². The third-order valence-corrected chi connectivity index (χ3v) is 7.17. The lowest BCUT2D eigenvalue weighted by Gasteiger charge is -2.11. The van der Waals surface area contributed by atoms with E-state index in [1.165, 1.54) is 17.6 Å². The summed E-state index contributed by atoms with van der Waals surface area (Å²) in [4.78, 5) is 19.9. The number of amides is 1. The lowest BCUT2D eigenvalue weighted by Crippen LogP contribution is -2.18. The average Bonchev–Trinajstić information content (AvgIpc) is 3.01. The molecule has 0 spiro atoms. The van der Waals surface area contributed by atoms with Crippen molar-refractivity contribution in [3.8, 4) is 0 Å². The number of anilines is 1. The molecule has 0 saturated heterocycles. The minimum atomic E-state index is -3.30. The van der Waals surface area contributed by atoms with E-state index in [9.17, 15) is 13.2 Å². The molecule has 1 heterocycles. The van der Waals surface area contributed by atoms with E-state index in [-0.39, 0.29) is 10.8 Å². The quantitative estimate of drug-likeness (QED) is 0.578. The molecule has 3 rings (SSSR count). The smallest absolute Gasteiger partial charge is 0.279 e. The number of hydrogen-bond donors (Lipinski definition) is 0. The maximum atomic E-state index is 12.7. The number of thiazole rings is 1. The molecular formula is C20H23N3O3S3. The van der Waals surface area contributed by atoms with E-state index in [2.05, 4.69) is 4.99 Å². The summed E-state index contributed by atoms with van der Waals surface area (Å²) in [5.41, 5.74) is 2.40. The van der Waals surface area contributed by atoms with E-state index in [0.717, 1.165) is 21.7 Å². The SMILES string of the molecule is CSCCn1c(=NC(=O)c2ccc(N(C)C)cc2)sc2cc(S(C)(=O)=O)ccc21. The number of nitrogens with zero attached hydrogens (tertiary/aromatic N) is 3. The van der Waals surface area contributed by atoms with Gasteiger partial charge in [-0.1, -0.05) is 11.3 Å². The topological polar surface area (TPSA) is 71.7 Å². The molecule has 9 heteroatoms. The van der Waals surface area contributed by atoms with Gasteiger partial charge in [0, 0.05) is 43.9 Å². The van der Waals surface area contributed by atoms with Crippen LogP contribution in [-0.2, 0) is 16.4 Å². The van der Waals surface area contributed by atoms with Gasteiger partial charge >= 0.3 is 0 Å². The van der Waals surface area contributed by atoms with Crippen LogP contribution in [0.5, 0.6) is 0 Å². The first kappa shape index (κ1) is 21.6. The molecule has 0 unspecified atom stereocenters. The zero-order valence-electron chi connectivity index (χ0n) is 16.7. The largest absolute Gasteiger partial charge is 0.378 e. The number of aromatic nitrogens is 1. The van der Waals surface area contributed by atoms with Gasteiger partial charge in [0.2, 0.25) is 0 Å². The van der Waals surface area contributed by atoms with Crippen LogP contribution in [-0.4, -0.2) is 51.3 Å². The number of aryl methyl sites for hydroxylation is 1. The Morgan fingerprint density at radius 2 is 1.86 bits per heavy atom. The molecule has 0 atom stereocenters. The highest BCUT2D eigenvalue weighted by atomic mass is 32.2. The van der Waals surface area contributed by atoms with E-state index < -0.39 is 9.84 Å². The fourth-order valence-electron chi connectivity index (χ4n) is 2.82. The van der Waals surface area contributed by atoms with Crippen LogP contribution in [0.4, 0.5) is 5.69 Å². The molecule has 29 heavy (non-hydrogen) atoms. The Labute approximate surface area is 178 Å². The number of sulfone groups is 1. The maximum Gasteiger partial charge on any atom is 0.279 e. The van der Waals surface area contributed by atoms with Gasteiger partial charge in [-0.25, -0.2) is 8.42 Å². The van der Waals surface area contributed by atoms with Crippen molar-refractivity contribution in [1.29, 1.82) is 0 Å². The summed E-state index contributed by atoms with van der Waals surface area (Å²) in [5.74, 6) is 0.543. The van der Waals surface area contributed by atoms with Crippen molar-refractivity contribution in [1.82, 2.24) is 4.57 Å². The highest BCUT2D eigenvalue weighted by Crippen LogP contribution is 2.22. The summed E-state index contributed by atoms with van der Waals surface area (Å²) in [7, 11) is 0.584. The van der Waals surface area contributed by atoms with Gasteiger partial charge in [-0.3, -0.25) is 4.79 Å². The molecule has 0 N–H and O–H groups in total. The predicted octanol–water partition coefficient (Wildman–Crippen LogP) is 3.28. The monoisotopic (exact) mass is 449 g/mol. The molecule has 1 amide bonds. The second-order valence-electron chi connectivity index (χ2n) is 6.79. The second kappa shape index (κ2) is 8.73. The van der Waals surface area contributed by atoms with Crippen molar-refractivity contribution >= 4 is 54.7 Å². The van der Waals surface area contributed by atoms with E-state index >= 15 is 0 Å². The number of thioether (sulfide) groups is 1. The third kappa shape index (κ3) is 4.91. The third-order valence-electron chi connectivity index (χ3n) is 4.43. The molecule has 0 fully saturated rings. The standard InChI is InChI=1S/C20H23N3O3S3/c1-22(2)15-7-5-14(6-8-15)19(24)21-20-23(11-12-27-3)17-10-9-16(29(4,25)26)13-18(17)28-20/h5-10,13H,11-12H2,1-4H3. The minimum Gasteiger partial charge on any atom is -0.378 e. The summed E-state index contributed by atoms with van der Waals surface area (Å²) in [6, 6.07) is 12.3. The van der Waals surface area contributed by atoms with Gasteiger partial charge in [-0.05, 0) is 48.7 Å². The Balaban J connectivity index is 2.09. The van der Waals surface area contributed by atoms with Gasteiger partial charge in [0.1, 0.15) is 0 Å². The normalized spacial score (nSPS) is 12.5. The molecule has 0 bridgehead atoms. The van der Waals surface area contributed by atoms with Crippen molar-refractivity contribution in [2.45, 2.75) is 11.4 Å². The molecule has 3 aromatic rings. The summed E-state index contributed by atoms with van der Waals surface area (Å²) in [5, 5.41) is 0. The predicted molar refractivity (Wildman–Crippen MR) is 122 cm³/mol. The lowest BCUT2D eigenvalue weighted by atomic mass is 10.2. The van der Waals surface area contributed by atoms with E-state index in [0.29, 0.717) is 16.9 Å². The van der Waals surface area contributed by atoms with Crippen LogP contribution in [0.25, 0.3) is 10.2 Å². The number of rotatable bonds is 6. The fraction of sp³-hybridized carbons (Fsp3) is 0.300. The first-order valence-electron chi connectivity index (χ1n) is 8.89. The van der Waals surface area contributed by atoms with Crippen molar-refractivity contribution in [3.63, 3.8) is 0 Å². The Bertz CT molecular complexity index is 1210. The van der Waals surface area contributed by atoms with Crippen molar-refractivity contribution in [2.75, 3.05) is 37.3 Å². The number of hydrogen-bond acceptors (Lipinski definition) is 6. The Hall–Kier alpha value is -2.10. The number of carbonyl (C=O) groups excluding carboxylic acids is 1. The highest BCUT2D eigenvalue weighted by molar-refractivity contribution is 7.98. The molecular weight excluding hydrogens is 426 g/mol. The van der Waals surface area contributed by atoms with E-state index in [1.807, 2.05) is 42.0 Å². The van der Waals surface area contributed by atoms with Crippen LogP contribution < -0.4 is 9.70 Å². The summed E-state index contributed by atoms with van der Waals surface area (Å²) >= 11 is 3.03. The van der Waals surface area contributed by atoms with E-state index in [4.69, 9.17) is 0 Å². The van der Waals surface area contributed by atoms with Gasteiger partial charge in [0.25, 0.3) is 5.91 Å². The number of fused-ring (bicyclic) bond motifs is 1. The van der Waals surface area contributed by atoms with Gasteiger partial charge in [0.15, 0.2) is 14.6 Å². The van der Waals surface area contributed by atoms with Crippen LogP contribution in [0.15, 0.2) is 52.4 Å². The molecule has 0 saturated carbocycles. The fourth-order valence-corrected chi connectivity index (χ4v) is 5.00. The van der Waals surface area contributed by atoms with Gasteiger partial charge < -0.3 is 9.47 Å². The summed E-state index contributed by atoms with van der Waals surface area (Å²) < 4.78 is 26.6. The molecule has 154 valence electrons. The van der Waals surface area contributed by atoms with E-state index in [1.54, 1.807) is 42.1 Å². The molecule has 0 aliphatic carbocycles. The van der Waals surface area contributed by atoms with Gasteiger partial charge in [-0.2, -0.15) is 16.8 Å². The van der Waals surface area contributed by atoms with Crippen LogP contribution in [0.2, 0.25) is 0 Å². The Morgan fingerprint density at radius 1 is 1.17 bits per heavy atom. The molecule has 0 aliphatic heterocycles. The first-order valence-corrected chi connectivity index (χ1v) is 13.0. The van der Waals surface area contributed by atoms with Gasteiger partial charge in [0.05, 0.1) is 15.1 Å². The molecule has 1 aromatic heterocycles.